The van der Waals surface area contributed by atoms with Gasteiger partial charge in [-0.05, 0) is 25.1 Å². The molecule has 1 aliphatic rings. The molecule has 136 valence electrons. The summed E-state index contributed by atoms with van der Waals surface area (Å²) in [7, 11) is 2.05. The number of hydrogen-bond donors (Lipinski definition) is 1. The third-order valence-corrected chi connectivity index (χ3v) is 6.01. The van der Waals surface area contributed by atoms with Crippen molar-refractivity contribution in [2.45, 2.75) is 19.5 Å². The zero-order valence-electron chi connectivity index (χ0n) is 14.9. The number of aldehydes is 1. The van der Waals surface area contributed by atoms with Gasteiger partial charge in [0.15, 0.2) is 6.29 Å². The van der Waals surface area contributed by atoms with E-state index in [1.54, 1.807) is 10.8 Å². The highest BCUT2D eigenvalue weighted by Gasteiger charge is 2.24. The van der Waals surface area contributed by atoms with E-state index in [4.69, 9.17) is 0 Å². The van der Waals surface area contributed by atoms with Crippen LogP contribution in [0.1, 0.15) is 26.4 Å². The molecule has 0 saturated heterocycles. The fraction of sp³-hybridized carbons (Fsp3) is 0.250. The molecule has 3 aromatic rings. The predicted molar refractivity (Wildman–Crippen MR) is 105 cm³/mol. The van der Waals surface area contributed by atoms with Crippen LogP contribution in [0.25, 0.3) is 10.9 Å². The van der Waals surface area contributed by atoms with Gasteiger partial charge in [-0.3, -0.25) is 9.59 Å². The van der Waals surface area contributed by atoms with Gasteiger partial charge in [-0.1, -0.05) is 18.2 Å². The zero-order valence-corrected chi connectivity index (χ0v) is 15.7. The number of nitrogens with one attached hydrogen (secondary N) is 1. The van der Waals surface area contributed by atoms with E-state index in [1.807, 2.05) is 24.3 Å². The number of carbonyl (C=O) groups is 2. The standard InChI is InChI=1S/C20H18N4O2S/c1-23-7-6-15-16(8-21)20(27-18(15)10-23)22-19(26)11-24-9-13(12-25)14-4-2-3-5-17(14)24/h2-5,9,12H,6-7,10-11H2,1H3,(H,22,26). The van der Waals surface area contributed by atoms with E-state index < -0.39 is 0 Å². The van der Waals surface area contributed by atoms with Gasteiger partial charge in [0, 0.05) is 40.6 Å². The minimum Gasteiger partial charge on any atom is -0.337 e. The number of fused-ring (bicyclic) bond motifs is 2. The van der Waals surface area contributed by atoms with Crippen LogP contribution in [0.3, 0.4) is 0 Å². The molecule has 7 heteroatoms. The minimum absolute atomic E-state index is 0.0850. The first kappa shape index (κ1) is 17.5. The van der Waals surface area contributed by atoms with E-state index in [9.17, 15) is 14.9 Å². The van der Waals surface area contributed by atoms with Crippen LogP contribution in [0.15, 0.2) is 30.5 Å². The number of aromatic nitrogens is 1. The fourth-order valence-electron chi connectivity index (χ4n) is 3.56. The second-order valence-corrected chi connectivity index (χ2v) is 7.81. The maximum atomic E-state index is 12.6. The molecular formula is C20H18N4O2S. The molecule has 2 aromatic heterocycles. The Hall–Kier alpha value is -2.95. The average molecular weight is 378 g/mol. The summed E-state index contributed by atoms with van der Waals surface area (Å²) in [5, 5.41) is 13.9. The number of rotatable bonds is 4. The summed E-state index contributed by atoms with van der Waals surface area (Å²) in [5.74, 6) is -0.211. The van der Waals surface area contributed by atoms with Gasteiger partial charge in [-0.15, -0.1) is 11.3 Å². The molecular weight excluding hydrogens is 360 g/mol. The van der Waals surface area contributed by atoms with Crippen molar-refractivity contribution in [3.8, 4) is 6.07 Å². The SMILES string of the molecule is CN1CCc2c(sc(NC(=O)Cn3cc(C=O)c4ccccc43)c2C#N)C1. The number of nitrogens with zero attached hydrogens (tertiary/aromatic N) is 3. The number of anilines is 1. The van der Waals surface area contributed by atoms with Crippen molar-refractivity contribution in [3.63, 3.8) is 0 Å². The molecule has 1 aromatic carbocycles. The molecule has 3 heterocycles. The van der Waals surface area contributed by atoms with Gasteiger partial charge in [-0.25, -0.2) is 0 Å². The van der Waals surface area contributed by atoms with E-state index in [1.165, 1.54) is 11.3 Å². The van der Waals surface area contributed by atoms with Crippen molar-refractivity contribution < 1.29 is 9.59 Å². The Kier molecular flexibility index (Phi) is 4.52. The van der Waals surface area contributed by atoms with Crippen LogP contribution in [0.2, 0.25) is 0 Å². The second-order valence-electron chi connectivity index (χ2n) is 6.70. The smallest absolute Gasteiger partial charge is 0.244 e. The van der Waals surface area contributed by atoms with Crippen molar-refractivity contribution in [1.29, 1.82) is 5.26 Å². The summed E-state index contributed by atoms with van der Waals surface area (Å²) >= 11 is 1.48. The first-order valence-corrected chi connectivity index (χ1v) is 9.48. The summed E-state index contributed by atoms with van der Waals surface area (Å²) in [6.45, 7) is 1.80. The third-order valence-electron chi connectivity index (χ3n) is 4.87. The van der Waals surface area contributed by atoms with E-state index in [-0.39, 0.29) is 12.5 Å². The van der Waals surface area contributed by atoms with Gasteiger partial charge >= 0.3 is 0 Å². The Morgan fingerprint density at radius 1 is 1.41 bits per heavy atom. The largest absolute Gasteiger partial charge is 0.337 e. The van der Waals surface area contributed by atoms with Crippen LogP contribution >= 0.6 is 11.3 Å². The summed E-state index contributed by atoms with van der Waals surface area (Å²) in [6.07, 6.45) is 3.32. The molecule has 0 bridgehead atoms. The van der Waals surface area contributed by atoms with E-state index in [0.29, 0.717) is 16.1 Å². The third kappa shape index (κ3) is 3.14. The molecule has 4 rings (SSSR count). The summed E-state index contributed by atoms with van der Waals surface area (Å²) in [5.41, 5.74) is 3.04. The van der Waals surface area contributed by atoms with Crippen molar-refractivity contribution in [2.75, 3.05) is 18.9 Å². The van der Waals surface area contributed by atoms with Gasteiger partial charge in [0.2, 0.25) is 5.91 Å². The number of thiophene rings is 1. The molecule has 0 spiro atoms. The number of para-hydroxylation sites is 1. The first-order chi connectivity index (χ1) is 13.1. The topological polar surface area (TPSA) is 78.1 Å². The summed E-state index contributed by atoms with van der Waals surface area (Å²) in [4.78, 5) is 27.3. The zero-order chi connectivity index (χ0) is 19.0. The monoisotopic (exact) mass is 378 g/mol. The lowest BCUT2D eigenvalue weighted by Crippen LogP contribution is -2.25. The van der Waals surface area contributed by atoms with E-state index >= 15 is 0 Å². The highest BCUT2D eigenvalue weighted by atomic mass is 32.1. The molecule has 0 aliphatic carbocycles. The van der Waals surface area contributed by atoms with Gasteiger partial charge in [0.1, 0.15) is 17.6 Å². The molecule has 0 saturated carbocycles. The van der Waals surface area contributed by atoms with Crippen LogP contribution in [0, 0.1) is 11.3 Å². The molecule has 27 heavy (non-hydrogen) atoms. The highest BCUT2D eigenvalue weighted by Crippen LogP contribution is 2.36. The lowest BCUT2D eigenvalue weighted by molar-refractivity contribution is -0.116. The molecule has 0 radical (unpaired) electrons. The number of likely N-dealkylation sites (N-methyl/N-ethyl adjacent to an activating group) is 1. The molecule has 0 atom stereocenters. The van der Waals surface area contributed by atoms with Crippen LogP contribution in [0.5, 0.6) is 0 Å². The lowest BCUT2D eigenvalue weighted by Gasteiger charge is -2.21. The Morgan fingerprint density at radius 3 is 3.00 bits per heavy atom. The highest BCUT2D eigenvalue weighted by molar-refractivity contribution is 7.16. The summed E-state index contributed by atoms with van der Waals surface area (Å²) < 4.78 is 1.77. The van der Waals surface area contributed by atoms with E-state index in [0.717, 1.165) is 47.1 Å². The second kappa shape index (κ2) is 6.99. The van der Waals surface area contributed by atoms with Crippen LogP contribution < -0.4 is 5.32 Å². The number of hydrogen-bond acceptors (Lipinski definition) is 5. The molecule has 1 aliphatic heterocycles. The Morgan fingerprint density at radius 2 is 2.22 bits per heavy atom. The maximum Gasteiger partial charge on any atom is 0.244 e. The fourth-order valence-corrected chi connectivity index (χ4v) is 4.85. The lowest BCUT2D eigenvalue weighted by atomic mass is 10.0. The number of nitriles is 1. The van der Waals surface area contributed by atoms with Crippen LogP contribution in [-0.4, -0.2) is 35.3 Å². The number of amides is 1. The van der Waals surface area contributed by atoms with E-state index in [2.05, 4.69) is 23.3 Å². The van der Waals surface area contributed by atoms with Crippen molar-refractivity contribution in [3.05, 3.63) is 52.0 Å². The normalized spacial score (nSPS) is 13.9. The van der Waals surface area contributed by atoms with Gasteiger partial charge < -0.3 is 14.8 Å². The van der Waals surface area contributed by atoms with Crippen molar-refractivity contribution in [2.24, 2.45) is 0 Å². The van der Waals surface area contributed by atoms with Gasteiger partial charge in [0.05, 0.1) is 5.56 Å². The predicted octanol–water partition coefficient (Wildman–Crippen LogP) is 3.01. The average Bonchev–Trinajstić information content (AvgIpc) is 3.18. The Bertz CT molecular complexity index is 1090. The van der Waals surface area contributed by atoms with Crippen molar-refractivity contribution >= 4 is 39.4 Å². The molecule has 6 nitrogen and oxygen atoms in total. The number of carbonyl (C=O) groups excluding carboxylic acids is 2. The van der Waals surface area contributed by atoms with Gasteiger partial charge in [-0.2, -0.15) is 5.26 Å². The summed E-state index contributed by atoms with van der Waals surface area (Å²) in [6, 6.07) is 9.75. The first-order valence-electron chi connectivity index (χ1n) is 8.66. The maximum absolute atomic E-state index is 12.6. The van der Waals surface area contributed by atoms with Crippen LogP contribution in [0.4, 0.5) is 5.00 Å². The molecule has 1 N–H and O–H groups in total. The van der Waals surface area contributed by atoms with Crippen LogP contribution in [-0.2, 0) is 24.3 Å². The molecule has 0 fully saturated rings. The minimum atomic E-state index is -0.211. The molecule has 1 amide bonds. The quantitative estimate of drug-likeness (QED) is 0.708. The Balaban J connectivity index is 1.59. The molecule has 0 unspecified atom stereocenters. The van der Waals surface area contributed by atoms with Gasteiger partial charge in [0.25, 0.3) is 0 Å². The number of benzene rings is 1. The van der Waals surface area contributed by atoms with Crippen molar-refractivity contribution in [1.82, 2.24) is 9.47 Å². The Labute approximate surface area is 160 Å².